The Hall–Kier alpha value is -2.37. The number of carboxylic acids is 1. The first-order valence-corrected chi connectivity index (χ1v) is 6.62. The van der Waals surface area contributed by atoms with Crippen molar-refractivity contribution >= 4 is 22.8 Å². The topological polar surface area (TPSA) is 86.3 Å². The lowest BCUT2D eigenvalue weighted by Gasteiger charge is -2.30. The Kier molecular flexibility index (Phi) is 3.14. The van der Waals surface area contributed by atoms with Gasteiger partial charge in [0.25, 0.3) is 5.56 Å². The monoisotopic (exact) mass is 273 g/mol. The number of aliphatic carboxylic acids is 1. The summed E-state index contributed by atoms with van der Waals surface area (Å²) in [4.78, 5) is 32.1. The highest BCUT2D eigenvalue weighted by Crippen LogP contribution is 2.20. The standard InChI is InChI=1S/C14H15N3O3/c18-13-12(15-10-5-1-2-6-11(10)16-13)17-7-3-4-9(8-17)14(19)20/h1-2,5-6,9H,3-4,7-8H2,(H,16,18)(H,19,20)/t9-/m0/s1. The molecule has 1 aromatic carbocycles. The number of rotatable bonds is 2. The quantitative estimate of drug-likeness (QED) is 0.859. The fourth-order valence-electron chi connectivity index (χ4n) is 2.61. The summed E-state index contributed by atoms with van der Waals surface area (Å²) in [6.07, 6.45) is 1.40. The highest BCUT2D eigenvalue weighted by Gasteiger charge is 2.27. The van der Waals surface area contributed by atoms with E-state index in [9.17, 15) is 9.59 Å². The number of carbonyl (C=O) groups is 1. The average Bonchev–Trinajstić information content (AvgIpc) is 2.46. The van der Waals surface area contributed by atoms with E-state index in [1.54, 1.807) is 11.0 Å². The van der Waals surface area contributed by atoms with Crippen LogP contribution in [0.3, 0.4) is 0 Å². The molecule has 0 aliphatic carbocycles. The summed E-state index contributed by atoms with van der Waals surface area (Å²) in [6, 6.07) is 7.31. The molecule has 1 fully saturated rings. The van der Waals surface area contributed by atoms with Crippen LogP contribution in [-0.4, -0.2) is 34.1 Å². The molecule has 0 bridgehead atoms. The van der Waals surface area contributed by atoms with Crippen molar-refractivity contribution in [3.63, 3.8) is 0 Å². The van der Waals surface area contributed by atoms with Crippen LogP contribution in [0.15, 0.2) is 29.1 Å². The van der Waals surface area contributed by atoms with Gasteiger partial charge >= 0.3 is 5.97 Å². The SMILES string of the molecule is O=C(O)[C@H]1CCCN(c2nc3ccccc3[nH]c2=O)C1. The van der Waals surface area contributed by atoms with Crippen molar-refractivity contribution in [1.82, 2.24) is 9.97 Å². The van der Waals surface area contributed by atoms with E-state index in [2.05, 4.69) is 9.97 Å². The van der Waals surface area contributed by atoms with Gasteiger partial charge in [-0.1, -0.05) is 12.1 Å². The summed E-state index contributed by atoms with van der Waals surface area (Å²) >= 11 is 0. The number of nitrogens with one attached hydrogen (secondary N) is 1. The highest BCUT2D eigenvalue weighted by atomic mass is 16.4. The van der Waals surface area contributed by atoms with E-state index in [1.807, 2.05) is 18.2 Å². The molecule has 1 atom stereocenters. The molecule has 3 rings (SSSR count). The van der Waals surface area contributed by atoms with Gasteiger partial charge in [-0.25, -0.2) is 4.98 Å². The number of anilines is 1. The predicted octanol–water partition coefficient (Wildman–Crippen LogP) is 1.22. The van der Waals surface area contributed by atoms with E-state index < -0.39 is 11.9 Å². The summed E-state index contributed by atoms with van der Waals surface area (Å²) in [6.45, 7) is 1.00. The molecule has 2 N–H and O–H groups in total. The van der Waals surface area contributed by atoms with Crippen LogP contribution in [0, 0.1) is 5.92 Å². The summed E-state index contributed by atoms with van der Waals surface area (Å²) in [5.41, 5.74) is 1.13. The first-order valence-electron chi connectivity index (χ1n) is 6.62. The van der Waals surface area contributed by atoms with E-state index in [1.165, 1.54) is 0 Å². The van der Waals surface area contributed by atoms with Gasteiger partial charge < -0.3 is 15.0 Å². The minimum Gasteiger partial charge on any atom is -0.481 e. The molecule has 0 spiro atoms. The Labute approximate surface area is 115 Å². The first-order chi connectivity index (χ1) is 9.65. The largest absolute Gasteiger partial charge is 0.481 e. The third-order valence-corrected chi connectivity index (χ3v) is 3.65. The fourth-order valence-corrected chi connectivity index (χ4v) is 2.61. The Morgan fingerprint density at radius 1 is 1.40 bits per heavy atom. The van der Waals surface area contributed by atoms with E-state index in [0.717, 1.165) is 6.42 Å². The molecule has 2 aromatic rings. The molecule has 0 radical (unpaired) electrons. The van der Waals surface area contributed by atoms with Crippen LogP contribution in [0.25, 0.3) is 11.0 Å². The van der Waals surface area contributed by atoms with Gasteiger partial charge in [-0.15, -0.1) is 0 Å². The van der Waals surface area contributed by atoms with Crippen LogP contribution >= 0.6 is 0 Å². The number of hydrogen-bond acceptors (Lipinski definition) is 4. The van der Waals surface area contributed by atoms with Gasteiger partial charge in [0.05, 0.1) is 17.0 Å². The molecule has 2 heterocycles. The van der Waals surface area contributed by atoms with Gasteiger partial charge in [0.1, 0.15) is 0 Å². The van der Waals surface area contributed by atoms with Gasteiger partial charge in [0.15, 0.2) is 5.82 Å². The minimum absolute atomic E-state index is 0.269. The van der Waals surface area contributed by atoms with Crippen molar-refractivity contribution in [3.8, 4) is 0 Å². The summed E-state index contributed by atoms with van der Waals surface area (Å²) < 4.78 is 0. The van der Waals surface area contributed by atoms with Gasteiger partial charge in [-0.05, 0) is 25.0 Å². The summed E-state index contributed by atoms with van der Waals surface area (Å²) in [7, 11) is 0. The second-order valence-corrected chi connectivity index (χ2v) is 5.03. The Morgan fingerprint density at radius 2 is 2.20 bits per heavy atom. The van der Waals surface area contributed by atoms with Gasteiger partial charge in [-0.3, -0.25) is 9.59 Å². The number of benzene rings is 1. The number of piperidine rings is 1. The molecule has 1 aliphatic rings. The van der Waals surface area contributed by atoms with Gasteiger partial charge in [0.2, 0.25) is 0 Å². The van der Waals surface area contributed by atoms with E-state index >= 15 is 0 Å². The number of nitrogens with zero attached hydrogens (tertiary/aromatic N) is 2. The van der Waals surface area contributed by atoms with E-state index in [4.69, 9.17) is 5.11 Å². The van der Waals surface area contributed by atoms with Crippen molar-refractivity contribution in [3.05, 3.63) is 34.6 Å². The number of H-pyrrole nitrogens is 1. The number of aromatic amines is 1. The number of fused-ring (bicyclic) bond motifs is 1. The maximum absolute atomic E-state index is 12.1. The van der Waals surface area contributed by atoms with Crippen molar-refractivity contribution in [2.75, 3.05) is 18.0 Å². The number of carboxylic acid groups (broad SMARTS) is 1. The lowest BCUT2D eigenvalue weighted by molar-refractivity contribution is -0.141. The van der Waals surface area contributed by atoms with Gasteiger partial charge in [-0.2, -0.15) is 0 Å². The summed E-state index contributed by atoms with van der Waals surface area (Å²) in [5.74, 6) is -0.932. The normalized spacial score (nSPS) is 19.2. The maximum Gasteiger partial charge on any atom is 0.308 e. The molecule has 1 saturated heterocycles. The summed E-state index contributed by atoms with van der Waals surface area (Å²) in [5, 5.41) is 9.11. The van der Waals surface area contributed by atoms with Crippen molar-refractivity contribution in [2.24, 2.45) is 5.92 Å². The number of hydrogen-bond donors (Lipinski definition) is 2. The first kappa shape index (κ1) is 12.7. The smallest absolute Gasteiger partial charge is 0.308 e. The van der Waals surface area contributed by atoms with Crippen LogP contribution in [0.2, 0.25) is 0 Å². The second-order valence-electron chi connectivity index (χ2n) is 5.03. The molecule has 0 unspecified atom stereocenters. The van der Waals surface area contributed by atoms with Crippen LogP contribution < -0.4 is 10.5 Å². The Bertz CT molecular complexity index is 710. The Balaban J connectivity index is 1.99. The fraction of sp³-hybridized carbons (Fsp3) is 0.357. The van der Waals surface area contributed by atoms with Crippen molar-refractivity contribution < 1.29 is 9.90 Å². The number of aromatic nitrogens is 2. The molecule has 1 aromatic heterocycles. The number of para-hydroxylation sites is 2. The van der Waals surface area contributed by atoms with Crippen molar-refractivity contribution in [2.45, 2.75) is 12.8 Å². The zero-order chi connectivity index (χ0) is 14.1. The van der Waals surface area contributed by atoms with Gasteiger partial charge in [0, 0.05) is 13.1 Å². The molecule has 1 aliphatic heterocycles. The van der Waals surface area contributed by atoms with Crippen LogP contribution in [0.5, 0.6) is 0 Å². The molecular weight excluding hydrogens is 258 g/mol. The third kappa shape index (κ3) is 2.24. The lowest BCUT2D eigenvalue weighted by atomic mass is 9.98. The maximum atomic E-state index is 12.1. The second kappa shape index (κ2) is 4.96. The molecular formula is C14H15N3O3. The van der Waals surface area contributed by atoms with E-state index in [-0.39, 0.29) is 5.56 Å². The zero-order valence-corrected chi connectivity index (χ0v) is 10.9. The third-order valence-electron chi connectivity index (χ3n) is 3.65. The molecule has 6 heteroatoms. The predicted molar refractivity (Wildman–Crippen MR) is 74.9 cm³/mol. The lowest BCUT2D eigenvalue weighted by Crippen LogP contribution is -2.41. The van der Waals surface area contributed by atoms with Crippen LogP contribution in [0.1, 0.15) is 12.8 Å². The molecule has 20 heavy (non-hydrogen) atoms. The zero-order valence-electron chi connectivity index (χ0n) is 10.9. The van der Waals surface area contributed by atoms with Crippen molar-refractivity contribution in [1.29, 1.82) is 0 Å². The molecule has 0 amide bonds. The molecule has 6 nitrogen and oxygen atoms in total. The highest BCUT2D eigenvalue weighted by molar-refractivity contribution is 5.75. The van der Waals surface area contributed by atoms with Crippen LogP contribution in [-0.2, 0) is 4.79 Å². The average molecular weight is 273 g/mol. The molecule has 0 saturated carbocycles. The molecule has 104 valence electrons. The minimum atomic E-state index is -0.813. The van der Waals surface area contributed by atoms with E-state index in [0.29, 0.717) is 36.4 Å². The Morgan fingerprint density at radius 3 is 3.00 bits per heavy atom. The van der Waals surface area contributed by atoms with Crippen LogP contribution in [0.4, 0.5) is 5.82 Å².